The van der Waals surface area contributed by atoms with E-state index in [4.69, 9.17) is 4.42 Å². The van der Waals surface area contributed by atoms with Crippen molar-refractivity contribution in [1.82, 2.24) is 19.6 Å². The SMILES string of the molecule is Cc1cnc(-c2cccc(NC(=O)CCc3c(C)nc4c(C#N)cnn4c3C)c2)o1. The van der Waals surface area contributed by atoms with Crippen LogP contribution < -0.4 is 5.32 Å². The first kappa shape index (κ1) is 19.3. The summed E-state index contributed by atoms with van der Waals surface area (Å²) < 4.78 is 7.20. The van der Waals surface area contributed by atoms with Crippen LogP contribution in [-0.2, 0) is 11.2 Å². The molecule has 150 valence electrons. The molecule has 0 aliphatic carbocycles. The summed E-state index contributed by atoms with van der Waals surface area (Å²) in [5.41, 5.74) is 5.09. The van der Waals surface area contributed by atoms with Gasteiger partial charge in [-0.05, 0) is 51.0 Å². The van der Waals surface area contributed by atoms with E-state index in [1.165, 1.54) is 6.20 Å². The number of aromatic nitrogens is 4. The average Bonchev–Trinajstić information content (AvgIpc) is 3.34. The number of hydrogen-bond donors (Lipinski definition) is 1. The summed E-state index contributed by atoms with van der Waals surface area (Å²) in [6.45, 7) is 5.64. The van der Waals surface area contributed by atoms with E-state index in [1.54, 1.807) is 10.7 Å². The normalized spacial score (nSPS) is 10.9. The van der Waals surface area contributed by atoms with Gasteiger partial charge in [-0.1, -0.05) is 6.07 Å². The molecule has 1 aromatic carbocycles. The molecule has 1 N–H and O–H groups in total. The van der Waals surface area contributed by atoms with Crippen molar-refractivity contribution in [3.63, 3.8) is 0 Å². The van der Waals surface area contributed by atoms with E-state index in [0.717, 1.165) is 28.3 Å². The molecule has 4 rings (SSSR count). The first-order valence-corrected chi connectivity index (χ1v) is 9.53. The Labute approximate surface area is 173 Å². The molecule has 3 heterocycles. The topological polar surface area (TPSA) is 109 Å². The predicted octanol–water partition coefficient (Wildman–Crippen LogP) is 3.75. The van der Waals surface area contributed by atoms with Crippen LogP contribution in [0.5, 0.6) is 0 Å². The number of anilines is 1. The first-order chi connectivity index (χ1) is 14.5. The Bertz CT molecular complexity index is 1290. The van der Waals surface area contributed by atoms with E-state index < -0.39 is 0 Å². The second-order valence-corrected chi connectivity index (χ2v) is 7.07. The molecule has 0 aliphatic rings. The lowest BCUT2D eigenvalue weighted by atomic mass is 10.1. The van der Waals surface area contributed by atoms with E-state index in [1.807, 2.05) is 45.0 Å². The van der Waals surface area contributed by atoms with Crippen LogP contribution in [0.4, 0.5) is 5.69 Å². The molecule has 30 heavy (non-hydrogen) atoms. The fraction of sp³-hybridized carbons (Fsp3) is 0.227. The molecule has 8 heteroatoms. The summed E-state index contributed by atoms with van der Waals surface area (Å²) in [6, 6.07) is 9.49. The lowest BCUT2D eigenvalue weighted by Gasteiger charge is -2.11. The summed E-state index contributed by atoms with van der Waals surface area (Å²) in [5, 5.41) is 16.3. The minimum atomic E-state index is -0.104. The molecule has 0 atom stereocenters. The van der Waals surface area contributed by atoms with E-state index in [0.29, 0.717) is 35.6 Å². The maximum Gasteiger partial charge on any atom is 0.226 e. The zero-order chi connectivity index (χ0) is 21.3. The second kappa shape index (κ2) is 7.79. The number of hydrogen-bond acceptors (Lipinski definition) is 6. The van der Waals surface area contributed by atoms with Crippen LogP contribution in [0.2, 0.25) is 0 Å². The number of carbonyl (C=O) groups excluding carboxylic acids is 1. The van der Waals surface area contributed by atoms with Gasteiger partial charge in [-0.15, -0.1) is 0 Å². The van der Waals surface area contributed by atoms with Crippen LogP contribution in [0, 0.1) is 32.1 Å². The minimum Gasteiger partial charge on any atom is -0.441 e. The molecule has 0 bridgehead atoms. The molecule has 0 spiro atoms. The van der Waals surface area contributed by atoms with Crippen molar-refractivity contribution in [2.24, 2.45) is 0 Å². The molecule has 0 fully saturated rings. The molecule has 0 unspecified atom stereocenters. The molecule has 4 aromatic rings. The van der Waals surface area contributed by atoms with Gasteiger partial charge in [0.15, 0.2) is 5.65 Å². The number of rotatable bonds is 5. The van der Waals surface area contributed by atoms with Crippen LogP contribution in [0.25, 0.3) is 17.1 Å². The monoisotopic (exact) mass is 400 g/mol. The highest BCUT2D eigenvalue weighted by Crippen LogP contribution is 2.23. The van der Waals surface area contributed by atoms with Gasteiger partial charge < -0.3 is 9.73 Å². The zero-order valence-electron chi connectivity index (χ0n) is 16.9. The van der Waals surface area contributed by atoms with Crippen molar-refractivity contribution in [2.45, 2.75) is 33.6 Å². The Morgan fingerprint density at radius 1 is 1.27 bits per heavy atom. The number of amides is 1. The molecule has 0 saturated carbocycles. The maximum absolute atomic E-state index is 12.5. The van der Waals surface area contributed by atoms with Crippen LogP contribution in [0.1, 0.15) is 34.7 Å². The molecule has 1 amide bonds. The Kier molecular flexibility index (Phi) is 5.02. The molecule has 0 aliphatic heterocycles. The highest BCUT2D eigenvalue weighted by atomic mass is 16.4. The zero-order valence-corrected chi connectivity index (χ0v) is 16.9. The largest absolute Gasteiger partial charge is 0.441 e. The number of oxazole rings is 1. The molecular formula is C22H20N6O2. The first-order valence-electron chi connectivity index (χ1n) is 9.53. The summed E-state index contributed by atoms with van der Waals surface area (Å²) in [4.78, 5) is 21.3. The lowest BCUT2D eigenvalue weighted by Crippen LogP contribution is -2.14. The smallest absolute Gasteiger partial charge is 0.226 e. The van der Waals surface area contributed by atoms with Crippen LogP contribution >= 0.6 is 0 Å². The van der Waals surface area contributed by atoms with Gasteiger partial charge >= 0.3 is 0 Å². The quantitative estimate of drug-likeness (QED) is 0.546. The predicted molar refractivity (Wildman–Crippen MR) is 111 cm³/mol. The number of carbonyl (C=O) groups is 1. The van der Waals surface area contributed by atoms with Crippen molar-refractivity contribution in [3.05, 3.63) is 64.9 Å². The van der Waals surface area contributed by atoms with E-state index >= 15 is 0 Å². The van der Waals surface area contributed by atoms with Crippen molar-refractivity contribution < 1.29 is 9.21 Å². The molecular weight excluding hydrogens is 380 g/mol. The Morgan fingerprint density at radius 2 is 2.10 bits per heavy atom. The third-order valence-corrected chi connectivity index (χ3v) is 4.95. The summed E-state index contributed by atoms with van der Waals surface area (Å²) >= 11 is 0. The fourth-order valence-corrected chi connectivity index (χ4v) is 3.43. The number of nitriles is 1. The third-order valence-electron chi connectivity index (χ3n) is 4.95. The fourth-order valence-electron chi connectivity index (χ4n) is 3.43. The van der Waals surface area contributed by atoms with Crippen molar-refractivity contribution in [2.75, 3.05) is 5.32 Å². The van der Waals surface area contributed by atoms with Gasteiger partial charge in [-0.25, -0.2) is 14.5 Å². The van der Waals surface area contributed by atoms with Gasteiger partial charge in [0, 0.05) is 29.1 Å². The van der Waals surface area contributed by atoms with Gasteiger partial charge in [-0.3, -0.25) is 4.79 Å². The Morgan fingerprint density at radius 3 is 2.83 bits per heavy atom. The van der Waals surface area contributed by atoms with Gasteiger partial charge in [0.1, 0.15) is 17.4 Å². The summed E-state index contributed by atoms with van der Waals surface area (Å²) in [5.74, 6) is 1.15. The standard InChI is InChI=1S/C22H20N6O2/c1-13-11-24-22(30-13)16-5-4-6-18(9-16)27-20(29)8-7-19-14(2)26-21-17(10-23)12-25-28(21)15(19)3/h4-6,9,11-12H,7-8H2,1-3H3,(H,27,29). The Balaban J connectivity index is 1.48. The maximum atomic E-state index is 12.5. The molecule has 3 aromatic heterocycles. The number of fused-ring (bicyclic) bond motifs is 1. The number of nitrogens with one attached hydrogen (secondary N) is 1. The number of benzene rings is 1. The highest BCUT2D eigenvalue weighted by molar-refractivity contribution is 5.91. The number of nitrogens with zero attached hydrogens (tertiary/aromatic N) is 5. The van der Waals surface area contributed by atoms with Crippen LogP contribution in [-0.4, -0.2) is 25.5 Å². The van der Waals surface area contributed by atoms with E-state index in [2.05, 4.69) is 26.5 Å². The summed E-state index contributed by atoms with van der Waals surface area (Å²) in [7, 11) is 0. The average molecular weight is 400 g/mol. The lowest BCUT2D eigenvalue weighted by molar-refractivity contribution is -0.116. The molecule has 0 saturated heterocycles. The Hall–Kier alpha value is -3.99. The van der Waals surface area contributed by atoms with Crippen molar-refractivity contribution >= 4 is 17.2 Å². The van der Waals surface area contributed by atoms with E-state index in [9.17, 15) is 10.1 Å². The highest BCUT2D eigenvalue weighted by Gasteiger charge is 2.15. The third kappa shape index (κ3) is 3.65. The van der Waals surface area contributed by atoms with Crippen LogP contribution in [0.15, 0.2) is 41.1 Å². The van der Waals surface area contributed by atoms with Gasteiger partial charge in [0.05, 0.1) is 12.4 Å². The summed E-state index contributed by atoms with van der Waals surface area (Å²) in [6.07, 6.45) is 3.99. The van der Waals surface area contributed by atoms with Gasteiger partial charge in [-0.2, -0.15) is 10.4 Å². The van der Waals surface area contributed by atoms with Gasteiger partial charge in [0.2, 0.25) is 11.8 Å². The number of aryl methyl sites for hydroxylation is 3. The second-order valence-electron chi connectivity index (χ2n) is 7.07. The molecule has 0 radical (unpaired) electrons. The van der Waals surface area contributed by atoms with Crippen molar-refractivity contribution in [1.29, 1.82) is 5.26 Å². The minimum absolute atomic E-state index is 0.104. The van der Waals surface area contributed by atoms with E-state index in [-0.39, 0.29) is 5.91 Å². The van der Waals surface area contributed by atoms with Gasteiger partial charge in [0.25, 0.3) is 0 Å². The van der Waals surface area contributed by atoms with Crippen LogP contribution in [0.3, 0.4) is 0 Å². The van der Waals surface area contributed by atoms with Crippen molar-refractivity contribution in [3.8, 4) is 17.5 Å². The molecule has 8 nitrogen and oxygen atoms in total.